The Morgan fingerprint density at radius 3 is 2.23 bits per heavy atom. The van der Waals surface area contributed by atoms with Crippen molar-refractivity contribution in [2.75, 3.05) is 18.5 Å². The van der Waals surface area contributed by atoms with Gasteiger partial charge >= 0.3 is 5.69 Å². The number of amides is 1. The molecule has 0 saturated carbocycles. The fraction of sp³-hybridized carbons (Fsp3) is 0.346. The molecule has 1 amide bonds. The Kier molecular flexibility index (Phi) is 7.61. The molecule has 0 aliphatic carbocycles. The molecule has 1 aliphatic heterocycles. The predicted octanol–water partition coefficient (Wildman–Crippen LogP) is 3.37. The SMILES string of the molecule is CC(=O)Nc1ccn([C@H]2CO[C@@H](CO[Si](c3ccccc3)(c3ccccc3)C(C)(C)C)S2)c(=O)n1. The van der Waals surface area contributed by atoms with Crippen LogP contribution in [0, 0.1) is 0 Å². The van der Waals surface area contributed by atoms with Gasteiger partial charge in [0.25, 0.3) is 8.32 Å². The molecule has 35 heavy (non-hydrogen) atoms. The first-order valence-electron chi connectivity index (χ1n) is 11.6. The molecule has 2 heterocycles. The normalized spacial score (nSPS) is 18.4. The van der Waals surface area contributed by atoms with Gasteiger partial charge in [0, 0.05) is 13.1 Å². The fourth-order valence-electron chi connectivity index (χ4n) is 4.51. The van der Waals surface area contributed by atoms with E-state index in [1.807, 2.05) is 12.1 Å². The summed E-state index contributed by atoms with van der Waals surface area (Å²) < 4.78 is 14.6. The Bertz CT molecular complexity index is 1180. The standard InChI is InChI=1S/C26H31N3O4SSi/c1-19(30)27-22-15-16-29(25(31)28-22)23-17-32-24(34-23)18-33-35(26(2,3)4,20-11-7-5-8-12-20)21-13-9-6-10-14-21/h5-16,23-24H,17-18H2,1-4H3,(H,27,28,30,31)/t23-,24-/m1/s1. The minimum absolute atomic E-state index is 0.126. The van der Waals surface area contributed by atoms with Crippen molar-refractivity contribution in [3.63, 3.8) is 0 Å². The molecule has 0 spiro atoms. The average molecular weight is 510 g/mol. The summed E-state index contributed by atoms with van der Waals surface area (Å²) in [6, 6.07) is 22.6. The van der Waals surface area contributed by atoms with Gasteiger partial charge in [-0.2, -0.15) is 4.98 Å². The lowest BCUT2D eigenvalue weighted by Crippen LogP contribution is -2.67. The lowest BCUT2D eigenvalue weighted by atomic mass is 10.2. The van der Waals surface area contributed by atoms with Crippen molar-refractivity contribution in [2.24, 2.45) is 0 Å². The minimum Gasteiger partial charge on any atom is -0.404 e. The Morgan fingerprint density at radius 2 is 1.71 bits per heavy atom. The number of aromatic nitrogens is 2. The summed E-state index contributed by atoms with van der Waals surface area (Å²) in [5, 5.41) is 4.63. The summed E-state index contributed by atoms with van der Waals surface area (Å²) >= 11 is 1.55. The first kappa shape index (κ1) is 25.4. The number of nitrogens with one attached hydrogen (secondary N) is 1. The second-order valence-corrected chi connectivity index (χ2v) is 15.2. The zero-order chi connectivity index (χ0) is 25.1. The van der Waals surface area contributed by atoms with Crippen molar-refractivity contribution in [1.82, 2.24) is 9.55 Å². The molecule has 2 aromatic carbocycles. The van der Waals surface area contributed by atoms with Crippen molar-refractivity contribution in [3.05, 3.63) is 83.4 Å². The zero-order valence-corrected chi connectivity index (χ0v) is 22.2. The van der Waals surface area contributed by atoms with E-state index in [1.165, 1.54) is 17.3 Å². The van der Waals surface area contributed by atoms with Crippen LogP contribution in [-0.2, 0) is 14.0 Å². The van der Waals surface area contributed by atoms with Crippen molar-refractivity contribution in [2.45, 2.75) is 43.5 Å². The molecular formula is C26H31N3O4SSi. The number of carbonyl (C=O) groups is 1. The van der Waals surface area contributed by atoms with Crippen molar-refractivity contribution in [1.29, 1.82) is 0 Å². The molecule has 0 unspecified atom stereocenters. The van der Waals surface area contributed by atoms with E-state index >= 15 is 0 Å². The maximum absolute atomic E-state index is 12.5. The average Bonchev–Trinajstić information content (AvgIpc) is 3.28. The third-order valence-corrected chi connectivity index (χ3v) is 12.3. The molecule has 1 saturated heterocycles. The first-order chi connectivity index (χ1) is 16.7. The molecule has 9 heteroatoms. The van der Waals surface area contributed by atoms with E-state index in [2.05, 4.69) is 79.6 Å². The molecule has 3 aromatic rings. The number of hydrogen-bond acceptors (Lipinski definition) is 6. The summed E-state index contributed by atoms with van der Waals surface area (Å²) in [5.74, 6) is -0.0250. The van der Waals surface area contributed by atoms with E-state index in [1.54, 1.807) is 28.6 Å². The lowest BCUT2D eigenvalue weighted by molar-refractivity contribution is -0.114. The summed E-state index contributed by atoms with van der Waals surface area (Å²) in [7, 11) is -2.67. The summed E-state index contributed by atoms with van der Waals surface area (Å²) in [4.78, 5) is 27.7. The molecule has 7 nitrogen and oxygen atoms in total. The number of anilines is 1. The summed E-state index contributed by atoms with van der Waals surface area (Å²) in [6.45, 7) is 8.89. The number of nitrogens with zero attached hydrogens (tertiary/aromatic N) is 2. The molecule has 1 aliphatic rings. The number of thioether (sulfide) groups is 1. The van der Waals surface area contributed by atoms with E-state index in [-0.39, 0.29) is 27.6 Å². The maximum atomic E-state index is 12.5. The molecule has 0 radical (unpaired) electrons. The number of benzene rings is 2. The second-order valence-electron chi connectivity index (χ2n) is 9.51. The van der Waals surface area contributed by atoms with Crippen LogP contribution in [0.4, 0.5) is 5.82 Å². The summed E-state index contributed by atoms with van der Waals surface area (Å²) in [6.07, 6.45) is 1.65. The highest BCUT2D eigenvalue weighted by molar-refractivity contribution is 8.00. The van der Waals surface area contributed by atoms with Crippen molar-refractivity contribution in [3.8, 4) is 0 Å². The molecule has 0 bridgehead atoms. The van der Waals surface area contributed by atoms with Gasteiger partial charge in [0.05, 0.1) is 13.2 Å². The van der Waals surface area contributed by atoms with Gasteiger partial charge in [0.1, 0.15) is 16.6 Å². The molecule has 1 aromatic heterocycles. The molecule has 2 atom stereocenters. The van der Waals surface area contributed by atoms with Gasteiger partial charge in [-0.25, -0.2) is 4.79 Å². The van der Waals surface area contributed by atoms with Gasteiger partial charge < -0.3 is 14.5 Å². The van der Waals surface area contributed by atoms with E-state index in [0.29, 0.717) is 13.2 Å². The highest BCUT2D eigenvalue weighted by Gasteiger charge is 2.50. The van der Waals surface area contributed by atoms with E-state index < -0.39 is 14.0 Å². The van der Waals surface area contributed by atoms with Crippen LogP contribution in [-0.4, -0.2) is 42.4 Å². The Morgan fingerprint density at radius 1 is 1.11 bits per heavy atom. The van der Waals surface area contributed by atoms with Crippen molar-refractivity contribution < 1.29 is 14.0 Å². The molecule has 1 fully saturated rings. The molecule has 1 N–H and O–H groups in total. The summed E-state index contributed by atoms with van der Waals surface area (Å²) in [5.41, 5.74) is -0.644. The fourth-order valence-corrected chi connectivity index (χ4v) is 10.3. The largest absolute Gasteiger partial charge is 0.404 e. The van der Waals surface area contributed by atoms with Gasteiger partial charge in [-0.1, -0.05) is 81.4 Å². The van der Waals surface area contributed by atoms with Crippen LogP contribution < -0.4 is 21.4 Å². The smallest absolute Gasteiger partial charge is 0.350 e. The van der Waals surface area contributed by atoms with Crippen LogP contribution in [0.5, 0.6) is 0 Å². The zero-order valence-electron chi connectivity index (χ0n) is 20.4. The topological polar surface area (TPSA) is 82.5 Å². The van der Waals surface area contributed by atoms with Crippen LogP contribution in [0.25, 0.3) is 0 Å². The Balaban J connectivity index is 1.56. The third-order valence-electron chi connectivity index (χ3n) is 6.03. The van der Waals surface area contributed by atoms with Gasteiger partial charge in [0.15, 0.2) is 0 Å². The lowest BCUT2D eigenvalue weighted by Gasteiger charge is -2.43. The van der Waals surface area contributed by atoms with Crippen LogP contribution in [0.2, 0.25) is 5.04 Å². The van der Waals surface area contributed by atoms with Crippen LogP contribution in [0.1, 0.15) is 33.1 Å². The van der Waals surface area contributed by atoms with Gasteiger partial charge in [-0.3, -0.25) is 9.36 Å². The number of carbonyl (C=O) groups excluding carboxylic acids is 1. The maximum Gasteiger partial charge on any atom is 0.350 e. The van der Waals surface area contributed by atoms with E-state index in [0.717, 1.165) is 0 Å². The molecular weight excluding hydrogens is 478 g/mol. The van der Waals surface area contributed by atoms with Crippen LogP contribution in [0.15, 0.2) is 77.7 Å². The highest BCUT2D eigenvalue weighted by Crippen LogP contribution is 2.39. The number of hydrogen-bond donors (Lipinski definition) is 1. The van der Waals surface area contributed by atoms with Crippen LogP contribution >= 0.6 is 11.8 Å². The Hall–Kier alpha value is -2.72. The van der Waals surface area contributed by atoms with E-state index in [4.69, 9.17) is 9.16 Å². The molecule has 184 valence electrons. The minimum atomic E-state index is -2.67. The third kappa shape index (κ3) is 5.43. The van der Waals surface area contributed by atoms with Gasteiger partial charge in [-0.15, -0.1) is 11.8 Å². The second kappa shape index (κ2) is 10.5. The monoisotopic (exact) mass is 509 g/mol. The number of rotatable bonds is 7. The van der Waals surface area contributed by atoms with E-state index in [9.17, 15) is 9.59 Å². The predicted molar refractivity (Wildman–Crippen MR) is 143 cm³/mol. The van der Waals surface area contributed by atoms with Gasteiger partial charge in [-0.05, 0) is 21.5 Å². The van der Waals surface area contributed by atoms with Crippen molar-refractivity contribution >= 4 is 42.2 Å². The quantitative estimate of drug-likeness (QED) is 0.492. The highest BCUT2D eigenvalue weighted by atomic mass is 32.2. The van der Waals surface area contributed by atoms with Gasteiger partial charge in [0.2, 0.25) is 5.91 Å². The Labute approximate surface area is 211 Å². The first-order valence-corrected chi connectivity index (χ1v) is 14.4. The van der Waals surface area contributed by atoms with Crippen LogP contribution in [0.3, 0.4) is 0 Å². The number of ether oxygens (including phenoxy) is 1. The molecule has 4 rings (SSSR count).